The first-order valence-corrected chi connectivity index (χ1v) is 7.32. The maximum atomic E-state index is 12.0. The standard InChI is InChI=1S/C9H8BrClN4O2S/c10-6-3-5(1-2-7(6)11)18(16,17)15-9-8(12)4-13-14-9/h1-4H,12H2,(H2,13,14,15). The molecule has 0 atom stereocenters. The monoisotopic (exact) mass is 350 g/mol. The number of rotatable bonds is 3. The van der Waals surface area contributed by atoms with Crippen LogP contribution in [0.2, 0.25) is 5.02 Å². The van der Waals surface area contributed by atoms with Crippen molar-refractivity contribution in [2.75, 3.05) is 10.5 Å². The lowest BCUT2D eigenvalue weighted by molar-refractivity contribution is 0.601. The topological polar surface area (TPSA) is 101 Å². The van der Waals surface area contributed by atoms with E-state index in [1.165, 1.54) is 24.4 Å². The molecule has 0 aliphatic carbocycles. The van der Waals surface area contributed by atoms with E-state index in [1.807, 2.05) is 0 Å². The Morgan fingerprint density at radius 2 is 2.17 bits per heavy atom. The number of nitrogens with one attached hydrogen (secondary N) is 2. The van der Waals surface area contributed by atoms with Crippen LogP contribution in [0.15, 0.2) is 33.8 Å². The molecule has 18 heavy (non-hydrogen) atoms. The Balaban J connectivity index is 2.37. The quantitative estimate of drug-likeness (QED) is 0.789. The minimum Gasteiger partial charge on any atom is -0.394 e. The SMILES string of the molecule is Nc1cn[nH]c1NS(=O)(=O)c1ccc(Cl)c(Br)c1. The summed E-state index contributed by atoms with van der Waals surface area (Å²) in [6, 6.07) is 4.27. The number of nitrogens with two attached hydrogens (primary N) is 1. The molecule has 0 spiro atoms. The van der Waals surface area contributed by atoms with Crippen molar-refractivity contribution in [3.63, 3.8) is 0 Å². The zero-order valence-electron chi connectivity index (χ0n) is 8.81. The van der Waals surface area contributed by atoms with Gasteiger partial charge in [-0.25, -0.2) is 8.42 Å². The van der Waals surface area contributed by atoms with Crippen molar-refractivity contribution in [2.24, 2.45) is 0 Å². The van der Waals surface area contributed by atoms with Crippen LogP contribution in [0.1, 0.15) is 0 Å². The third-order valence-electron chi connectivity index (χ3n) is 2.11. The number of H-pyrrole nitrogens is 1. The Morgan fingerprint density at radius 1 is 1.44 bits per heavy atom. The molecule has 2 aromatic rings. The van der Waals surface area contributed by atoms with E-state index in [0.29, 0.717) is 9.50 Å². The van der Waals surface area contributed by atoms with Crippen molar-refractivity contribution in [3.05, 3.63) is 33.9 Å². The zero-order chi connectivity index (χ0) is 13.3. The summed E-state index contributed by atoms with van der Waals surface area (Å²) in [7, 11) is -3.73. The normalized spacial score (nSPS) is 11.4. The maximum Gasteiger partial charge on any atom is 0.263 e. The number of benzene rings is 1. The fraction of sp³-hybridized carbons (Fsp3) is 0. The van der Waals surface area contributed by atoms with Gasteiger partial charge in [0.15, 0.2) is 5.82 Å². The van der Waals surface area contributed by atoms with Gasteiger partial charge in [-0.1, -0.05) is 11.6 Å². The Bertz CT molecular complexity index is 686. The van der Waals surface area contributed by atoms with E-state index in [2.05, 4.69) is 30.8 Å². The highest BCUT2D eigenvalue weighted by Gasteiger charge is 2.17. The molecule has 0 saturated carbocycles. The molecular formula is C9H8BrClN4O2S. The average molecular weight is 352 g/mol. The van der Waals surface area contributed by atoms with Gasteiger partial charge in [0.1, 0.15) is 0 Å². The summed E-state index contributed by atoms with van der Waals surface area (Å²) >= 11 is 8.96. The van der Waals surface area contributed by atoms with E-state index in [4.69, 9.17) is 17.3 Å². The highest BCUT2D eigenvalue weighted by Crippen LogP contribution is 2.26. The van der Waals surface area contributed by atoms with Crippen molar-refractivity contribution in [1.82, 2.24) is 10.2 Å². The number of aromatic nitrogens is 2. The first-order valence-electron chi connectivity index (χ1n) is 4.67. The third-order valence-corrected chi connectivity index (χ3v) is 4.67. The fourth-order valence-corrected chi connectivity index (χ4v) is 2.93. The molecule has 6 nitrogen and oxygen atoms in total. The molecule has 1 aromatic carbocycles. The van der Waals surface area contributed by atoms with Crippen LogP contribution in [0.4, 0.5) is 11.5 Å². The van der Waals surface area contributed by atoms with Crippen molar-refractivity contribution >= 4 is 49.1 Å². The lowest BCUT2D eigenvalue weighted by Gasteiger charge is -2.07. The molecule has 9 heteroatoms. The molecule has 0 saturated heterocycles. The first-order chi connectivity index (χ1) is 8.40. The number of nitrogens with zero attached hydrogens (tertiary/aromatic N) is 1. The van der Waals surface area contributed by atoms with Gasteiger partial charge in [0.05, 0.1) is 21.8 Å². The van der Waals surface area contributed by atoms with Gasteiger partial charge in [-0.05, 0) is 34.1 Å². The molecule has 0 aliphatic rings. The zero-order valence-corrected chi connectivity index (χ0v) is 12.0. The molecule has 2 rings (SSSR count). The molecule has 96 valence electrons. The van der Waals surface area contributed by atoms with E-state index >= 15 is 0 Å². The molecule has 1 aromatic heterocycles. The largest absolute Gasteiger partial charge is 0.394 e. The van der Waals surface area contributed by atoms with E-state index in [1.54, 1.807) is 0 Å². The summed E-state index contributed by atoms with van der Waals surface area (Å²) in [5, 5.41) is 6.50. The molecule has 0 bridgehead atoms. The van der Waals surface area contributed by atoms with Crippen LogP contribution in [-0.4, -0.2) is 18.6 Å². The van der Waals surface area contributed by atoms with Gasteiger partial charge >= 0.3 is 0 Å². The van der Waals surface area contributed by atoms with Gasteiger partial charge in [0.2, 0.25) is 0 Å². The Kier molecular flexibility index (Phi) is 3.51. The van der Waals surface area contributed by atoms with Gasteiger partial charge in [0.25, 0.3) is 10.0 Å². The summed E-state index contributed by atoms with van der Waals surface area (Å²) < 4.78 is 26.9. The number of aromatic amines is 1. The third kappa shape index (κ3) is 2.60. The molecule has 0 aliphatic heterocycles. The molecule has 0 fully saturated rings. The molecular weight excluding hydrogens is 344 g/mol. The van der Waals surface area contributed by atoms with Crippen molar-refractivity contribution in [3.8, 4) is 0 Å². The van der Waals surface area contributed by atoms with Crippen LogP contribution < -0.4 is 10.5 Å². The van der Waals surface area contributed by atoms with Crippen LogP contribution >= 0.6 is 27.5 Å². The van der Waals surface area contributed by atoms with E-state index in [-0.39, 0.29) is 16.4 Å². The van der Waals surface area contributed by atoms with E-state index in [9.17, 15) is 8.42 Å². The van der Waals surface area contributed by atoms with Crippen molar-refractivity contribution in [2.45, 2.75) is 4.90 Å². The van der Waals surface area contributed by atoms with Gasteiger partial charge in [-0.3, -0.25) is 9.82 Å². The van der Waals surface area contributed by atoms with Gasteiger partial charge in [-0.15, -0.1) is 0 Å². The van der Waals surface area contributed by atoms with Crippen LogP contribution in [0.25, 0.3) is 0 Å². The number of nitrogen functional groups attached to an aromatic ring is 1. The molecule has 4 N–H and O–H groups in total. The Hall–Kier alpha value is -1.25. The van der Waals surface area contributed by atoms with Gasteiger partial charge < -0.3 is 5.73 Å². The van der Waals surface area contributed by atoms with Crippen molar-refractivity contribution in [1.29, 1.82) is 0 Å². The van der Waals surface area contributed by atoms with Gasteiger partial charge in [0, 0.05) is 4.47 Å². The minimum atomic E-state index is -3.73. The van der Waals surface area contributed by atoms with Crippen LogP contribution in [0, 0.1) is 0 Å². The highest BCUT2D eigenvalue weighted by atomic mass is 79.9. The Labute approximate surface area is 117 Å². The maximum absolute atomic E-state index is 12.0. The average Bonchev–Trinajstić information content (AvgIpc) is 2.67. The predicted octanol–water partition coefficient (Wildman–Crippen LogP) is 2.21. The smallest absolute Gasteiger partial charge is 0.263 e. The lowest BCUT2D eigenvalue weighted by atomic mass is 10.4. The number of hydrogen-bond donors (Lipinski definition) is 3. The van der Waals surface area contributed by atoms with Crippen LogP contribution in [0.3, 0.4) is 0 Å². The number of halogens is 2. The van der Waals surface area contributed by atoms with E-state index < -0.39 is 10.0 Å². The van der Waals surface area contributed by atoms with Crippen LogP contribution in [0.5, 0.6) is 0 Å². The van der Waals surface area contributed by atoms with Gasteiger partial charge in [-0.2, -0.15) is 5.10 Å². The number of hydrogen-bond acceptors (Lipinski definition) is 4. The molecule has 1 heterocycles. The predicted molar refractivity (Wildman–Crippen MR) is 73.0 cm³/mol. The van der Waals surface area contributed by atoms with Crippen LogP contribution in [-0.2, 0) is 10.0 Å². The van der Waals surface area contributed by atoms with Crippen molar-refractivity contribution < 1.29 is 8.42 Å². The molecule has 0 unspecified atom stereocenters. The summed E-state index contributed by atoms with van der Waals surface area (Å²) in [6.07, 6.45) is 1.32. The molecule has 0 amide bonds. The lowest BCUT2D eigenvalue weighted by Crippen LogP contribution is -2.14. The Morgan fingerprint density at radius 3 is 2.72 bits per heavy atom. The second-order valence-electron chi connectivity index (χ2n) is 3.38. The summed E-state index contributed by atoms with van der Waals surface area (Å²) in [6.45, 7) is 0. The minimum absolute atomic E-state index is 0.0628. The molecule has 0 radical (unpaired) electrons. The highest BCUT2D eigenvalue weighted by molar-refractivity contribution is 9.10. The summed E-state index contributed by atoms with van der Waals surface area (Å²) in [5.74, 6) is 0.126. The summed E-state index contributed by atoms with van der Waals surface area (Å²) in [5.41, 5.74) is 5.74. The fourth-order valence-electron chi connectivity index (χ4n) is 1.21. The summed E-state index contributed by atoms with van der Waals surface area (Å²) in [4.78, 5) is 0.0628. The van der Waals surface area contributed by atoms with E-state index in [0.717, 1.165) is 0 Å². The second kappa shape index (κ2) is 4.79. The second-order valence-corrected chi connectivity index (χ2v) is 6.33. The number of sulfonamides is 1. The number of anilines is 2. The first kappa shape index (κ1) is 13.2.